The van der Waals surface area contributed by atoms with Gasteiger partial charge in [0.05, 0.1) is 0 Å². The first kappa shape index (κ1) is 12.1. The lowest BCUT2D eigenvalue weighted by molar-refractivity contribution is 0.0833. The van der Waals surface area contributed by atoms with Crippen molar-refractivity contribution in [3.05, 3.63) is 35.4 Å². The van der Waals surface area contributed by atoms with Gasteiger partial charge in [-0.3, -0.25) is 4.79 Å². The standard InChI is InChI=1S/C13H16OS/c1-4-13(2,3)12(14)11-7-5-10(9-15)6-8-11/h5-9H,4H2,1-3H3. The Morgan fingerprint density at radius 1 is 1.33 bits per heavy atom. The molecule has 0 aliphatic rings. The zero-order valence-corrected chi connectivity index (χ0v) is 10.2. The molecule has 0 radical (unpaired) electrons. The van der Waals surface area contributed by atoms with E-state index in [-0.39, 0.29) is 11.2 Å². The van der Waals surface area contributed by atoms with Gasteiger partial charge in [0.2, 0.25) is 0 Å². The molecule has 0 amide bonds. The van der Waals surface area contributed by atoms with Gasteiger partial charge in [-0.25, -0.2) is 0 Å². The number of carbonyl (C=O) groups excluding carboxylic acids is 1. The lowest BCUT2D eigenvalue weighted by Crippen LogP contribution is -2.23. The lowest BCUT2D eigenvalue weighted by Gasteiger charge is -2.20. The number of benzene rings is 1. The van der Waals surface area contributed by atoms with Gasteiger partial charge >= 0.3 is 0 Å². The molecule has 0 aliphatic carbocycles. The Hall–Kier alpha value is -1.02. The first-order chi connectivity index (χ1) is 7.01. The largest absolute Gasteiger partial charge is 0.294 e. The summed E-state index contributed by atoms with van der Waals surface area (Å²) in [5.41, 5.74) is 1.46. The van der Waals surface area contributed by atoms with Crippen LogP contribution in [0.5, 0.6) is 0 Å². The van der Waals surface area contributed by atoms with Crippen LogP contribution in [0.15, 0.2) is 24.3 Å². The van der Waals surface area contributed by atoms with Crippen molar-refractivity contribution in [2.45, 2.75) is 27.2 Å². The van der Waals surface area contributed by atoms with Crippen LogP contribution >= 0.6 is 12.2 Å². The summed E-state index contributed by atoms with van der Waals surface area (Å²) in [6, 6.07) is 7.45. The number of hydrogen-bond donors (Lipinski definition) is 0. The van der Waals surface area contributed by atoms with Crippen molar-refractivity contribution >= 4 is 23.4 Å². The van der Waals surface area contributed by atoms with Crippen LogP contribution in [-0.4, -0.2) is 11.2 Å². The normalized spacial score (nSPS) is 11.1. The number of rotatable bonds is 4. The van der Waals surface area contributed by atoms with E-state index in [1.54, 1.807) is 5.37 Å². The summed E-state index contributed by atoms with van der Waals surface area (Å²) in [4.78, 5) is 12.1. The maximum atomic E-state index is 12.1. The van der Waals surface area contributed by atoms with E-state index in [2.05, 4.69) is 0 Å². The fraction of sp³-hybridized carbons (Fsp3) is 0.385. The maximum absolute atomic E-state index is 12.1. The van der Waals surface area contributed by atoms with Gasteiger partial charge in [-0.2, -0.15) is 0 Å². The molecule has 0 saturated carbocycles. The number of carbonyl (C=O) groups is 1. The first-order valence-electron chi connectivity index (χ1n) is 5.11. The van der Waals surface area contributed by atoms with Crippen LogP contribution in [0.3, 0.4) is 0 Å². The third-order valence-corrected chi connectivity index (χ3v) is 3.08. The van der Waals surface area contributed by atoms with Gasteiger partial charge in [-0.05, 0) is 12.0 Å². The molecule has 0 atom stereocenters. The van der Waals surface area contributed by atoms with Crippen LogP contribution in [0.25, 0.3) is 0 Å². The molecule has 1 aromatic carbocycles. The Labute approximate surface area is 96.5 Å². The zero-order chi connectivity index (χ0) is 11.5. The van der Waals surface area contributed by atoms with Crippen LogP contribution < -0.4 is 0 Å². The summed E-state index contributed by atoms with van der Waals surface area (Å²) >= 11 is 4.81. The minimum Gasteiger partial charge on any atom is -0.294 e. The van der Waals surface area contributed by atoms with Crippen LogP contribution in [0.4, 0.5) is 0 Å². The van der Waals surface area contributed by atoms with Crippen molar-refractivity contribution in [3.8, 4) is 0 Å². The fourth-order valence-electron chi connectivity index (χ4n) is 1.26. The summed E-state index contributed by atoms with van der Waals surface area (Å²) in [6.45, 7) is 5.98. The summed E-state index contributed by atoms with van der Waals surface area (Å²) in [5.74, 6) is 0.195. The Kier molecular flexibility index (Phi) is 3.75. The van der Waals surface area contributed by atoms with Crippen molar-refractivity contribution < 1.29 is 4.79 Å². The van der Waals surface area contributed by atoms with E-state index >= 15 is 0 Å². The fourth-order valence-corrected chi connectivity index (χ4v) is 1.42. The number of Topliss-reactive ketones (excluding diaryl/α,β-unsaturated/α-hetero) is 1. The van der Waals surface area contributed by atoms with E-state index < -0.39 is 0 Å². The van der Waals surface area contributed by atoms with Crippen molar-refractivity contribution in [1.29, 1.82) is 0 Å². The van der Waals surface area contributed by atoms with Gasteiger partial charge in [0.15, 0.2) is 5.78 Å². The molecule has 2 heteroatoms. The molecule has 15 heavy (non-hydrogen) atoms. The monoisotopic (exact) mass is 220 g/mol. The van der Waals surface area contributed by atoms with Crippen LogP contribution in [0.1, 0.15) is 43.1 Å². The Morgan fingerprint density at radius 3 is 2.27 bits per heavy atom. The summed E-state index contributed by atoms with van der Waals surface area (Å²) in [7, 11) is 0. The van der Waals surface area contributed by atoms with E-state index in [0.29, 0.717) is 0 Å². The minimum atomic E-state index is -0.279. The van der Waals surface area contributed by atoms with E-state index in [1.165, 1.54) is 0 Å². The lowest BCUT2D eigenvalue weighted by atomic mass is 9.82. The second-order valence-corrected chi connectivity index (χ2v) is 4.54. The van der Waals surface area contributed by atoms with Gasteiger partial charge in [-0.15, -0.1) is 0 Å². The first-order valence-corrected chi connectivity index (χ1v) is 5.58. The summed E-state index contributed by atoms with van der Waals surface area (Å²) in [5, 5.41) is 1.61. The molecule has 80 valence electrons. The molecule has 0 aromatic heterocycles. The average molecular weight is 220 g/mol. The molecule has 1 aromatic rings. The van der Waals surface area contributed by atoms with Crippen LogP contribution in [0, 0.1) is 5.41 Å². The Morgan fingerprint density at radius 2 is 1.87 bits per heavy atom. The molecule has 0 bridgehead atoms. The highest BCUT2D eigenvalue weighted by Gasteiger charge is 2.26. The second-order valence-electron chi connectivity index (χ2n) is 4.31. The van der Waals surface area contributed by atoms with Gasteiger partial charge in [-0.1, -0.05) is 57.3 Å². The molecule has 0 heterocycles. The molecule has 0 N–H and O–H groups in total. The SMILES string of the molecule is CCC(C)(C)C(=O)c1ccc(C=S)cc1. The van der Waals surface area contributed by atoms with E-state index in [1.807, 2.05) is 45.0 Å². The van der Waals surface area contributed by atoms with E-state index in [9.17, 15) is 4.79 Å². The quantitative estimate of drug-likeness (QED) is 0.569. The summed E-state index contributed by atoms with van der Waals surface area (Å²) < 4.78 is 0. The van der Waals surface area contributed by atoms with Gasteiger partial charge in [0.1, 0.15) is 0 Å². The third kappa shape index (κ3) is 2.72. The van der Waals surface area contributed by atoms with Gasteiger partial charge < -0.3 is 0 Å². The predicted molar refractivity (Wildman–Crippen MR) is 67.6 cm³/mol. The average Bonchev–Trinajstić information content (AvgIpc) is 2.28. The molecule has 0 spiro atoms. The zero-order valence-electron chi connectivity index (χ0n) is 9.41. The van der Waals surface area contributed by atoms with E-state index in [0.717, 1.165) is 17.5 Å². The van der Waals surface area contributed by atoms with Crippen molar-refractivity contribution in [2.24, 2.45) is 5.41 Å². The molecular formula is C13H16OS. The number of hydrogen-bond acceptors (Lipinski definition) is 2. The van der Waals surface area contributed by atoms with Gasteiger partial charge in [0.25, 0.3) is 0 Å². The van der Waals surface area contributed by atoms with Gasteiger partial charge in [0, 0.05) is 16.3 Å². The van der Waals surface area contributed by atoms with Crippen molar-refractivity contribution in [2.75, 3.05) is 0 Å². The number of ketones is 1. The van der Waals surface area contributed by atoms with E-state index in [4.69, 9.17) is 12.2 Å². The smallest absolute Gasteiger partial charge is 0.168 e. The molecule has 0 unspecified atom stereocenters. The molecule has 1 nitrogen and oxygen atoms in total. The third-order valence-electron chi connectivity index (χ3n) is 2.81. The molecule has 0 fully saturated rings. The van der Waals surface area contributed by atoms with Crippen LogP contribution in [0.2, 0.25) is 0 Å². The highest BCUT2D eigenvalue weighted by Crippen LogP contribution is 2.25. The predicted octanol–water partition coefficient (Wildman–Crippen LogP) is 3.65. The van der Waals surface area contributed by atoms with Crippen molar-refractivity contribution in [3.63, 3.8) is 0 Å². The Bertz CT molecular complexity index is 363. The van der Waals surface area contributed by atoms with Crippen molar-refractivity contribution in [1.82, 2.24) is 0 Å². The number of thiocarbonyl (C=S) groups is 1. The highest BCUT2D eigenvalue weighted by molar-refractivity contribution is 7.79. The molecular weight excluding hydrogens is 204 g/mol. The minimum absolute atomic E-state index is 0.195. The molecule has 1 rings (SSSR count). The summed E-state index contributed by atoms with van der Waals surface area (Å²) in [6.07, 6.45) is 0.848. The molecule has 0 aliphatic heterocycles. The molecule has 0 saturated heterocycles. The Balaban J connectivity index is 2.97. The maximum Gasteiger partial charge on any atom is 0.168 e. The van der Waals surface area contributed by atoms with Crippen LogP contribution in [-0.2, 0) is 0 Å². The second kappa shape index (κ2) is 4.67. The highest BCUT2D eigenvalue weighted by atomic mass is 32.1. The topological polar surface area (TPSA) is 17.1 Å².